The van der Waals surface area contributed by atoms with E-state index in [9.17, 15) is 14.0 Å². The number of carbonyl (C=O) groups is 2. The van der Waals surface area contributed by atoms with E-state index in [0.29, 0.717) is 16.8 Å². The minimum absolute atomic E-state index is 0.214. The molecule has 6 heteroatoms. The van der Waals surface area contributed by atoms with Crippen molar-refractivity contribution in [2.45, 2.75) is 26.7 Å². The van der Waals surface area contributed by atoms with Crippen molar-refractivity contribution in [1.82, 2.24) is 0 Å². The van der Waals surface area contributed by atoms with Crippen molar-refractivity contribution in [2.75, 3.05) is 28.2 Å². The summed E-state index contributed by atoms with van der Waals surface area (Å²) >= 11 is 0. The van der Waals surface area contributed by atoms with E-state index >= 15 is 0 Å². The monoisotopic (exact) mass is 455 g/mol. The number of anilines is 3. The third kappa shape index (κ3) is 3.96. The second kappa shape index (κ2) is 8.78. The van der Waals surface area contributed by atoms with E-state index in [1.165, 1.54) is 37.1 Å². The second-order valence-corrected chi connectivity index (χ2v) is 8.84. The van der Waals surface area contributed by atoms with Crippen LogP contribution in [0.2, 0.25) is 0 Å². The third-order valence-corrected chi connectivity index (χ3v) is 6.57. The van der Waals surface area contributed by atoms with Crippen molar-refractivity contribution in [3.8, 4) is 0 Å². The van der Waals surface area contributed by atoms with Crippen LogP contribution in [-0.2, 0) is 9.59 Å². The zero-order valence-corrected chi connectivity index (χ0v) is 19.3. The molecule has 1 N–H and O–H groups in total. The van der Waals surface area contributed by atoms with Gasteiger partial charge in [0.25, 0.3) is 11.8 Å². The number of rotatable bonds is 5. The first-order valence-electron chi connectivity index (χ1n) is 11.5. The van der Waals surface area contributed by atoms with Gasteiger partial charge in [0.05, 0.1) is 11.3 Å². The van der Waals surface area contributed by atoms with E-state index in [2.05, 4.69) is 10.2 Å². The number of benzene rings is 3. The predicted molar refractivity (Wildman–Crippen MR) is 133 cm³/mol. The zero-order valence-electron chi connectivity index (χ0n) is 19.3. The summed E-state index contributed by atoms with van der Waals surface area (Å²) in [7, 11) is 0. The molecule has 0 atom stereocenters. The van der Waals surface area contributed by atoms with Gasteiger partial charge in [0.15, 0.2) is 0 Å². The van der Waals surface area contributed by atoms with Gasteiger partial charge in [-0.25, -0.2) is 9.29 Å². The highest BCUT2D eigenvalue weighted by Crippen LogP contribution is 2.35. The number of hydrogen-bond acceptors (Lipinski definition) is 4. The lowest BCUT2D eigenvalue weighted by Crippen LogP contribution is -2.32. The van der Waals surface area contributed by atoms with E-state index in [4.69, 9.17) is 0 Å². The molecule has 5 rings (SSSR count). The lowest BCUT2D eigenvalue weighted by Gasteiger charge is -2.18. The molecule has 0 aliphatic carbocycles. The van der Waals surface area contributed by atoms with Crippen LogP contribution in [0.25, 0.3) is 5.57 Å². The summed E-state index contributed by atoms with van der Waals surface area (Å²) in [6.45, 7) is 6.08. The summed E-state index contributed by atoms with van der Waals surface area (Å²) in [5.41, 5.74) is 5.52. The van der Waals surface area contributed by atoms with Crippen molar-refractivity contribution in [2.24, 2.45) is 0 Å². The summed E-state index contributed by atoms with van der Waals surface area (Å²) in [6, 6.07) is 19.0. The highest BCUT2D eigenvalue weighted by molar-refractivity contribution is 6.46. The Morgan fingerprint density at radius 3 is 2.06 bits per heavy atom. The Kier molecular flexibility index (Phi) is 5.65. The van der Waals surface area contributed by atoms with Crippen molar-refractivity contribution in [1.29, 1.82) is 0 Å². The maximum atomic E-state index is 13.5. The van der Waals surface area contributed by atoms with Gasteiger partial charge in [-0.1, -0.05) is 18.2 Å². The van der Waals surface area contributed by atoms with Crippen molar-refractivity contribution >= 4 is 34.4 Å². The fourth-order valence-electron chi connectivity index (χ4n) is 4.51. The first-order valence-corrected chi connectivity index (χ1v) is 11.5. The van der Waals surface area contributed by atoms with Gasteiger partial charge in [0, 0.05) is 24.5 Å². The van der Waals surface area contributed by atoms with Crippen LogP contribution in [0.5, 0.6) is 0 Å². The fraction of sp³-hybridized carbons (Fsp3) is 0.214. The Morgan fingerprint density at radius 1 is 0.765 bits per heavy atom. The Hall–Kier alpha value is -3.93. The number of halogens is 1. The SMILES string of the molecule is Cc1ccc(C2=C(Nc3ccc(N4CCCC4)cc3)C(=O)N(c3ccc(F)cc3)C2=O)cc1C. The molecule has 0 bridgehead atoms. The van der Waals surface area contributed by atoms with E-state index in [-0.39, 0.29) is 5.70 Å². The Bertz CT molecular complexity index is 1290. The van der Waals surface area contributed by atoms with Gasteiger partial charge in [-0.2, -0.15) is 0 Å². The van der Waals surface area contributed by atoms with Gasteiger partial charge in [-0.15, -0.1) is 0 Å². The van der Waals surface area contributed by atoms with Gasteiger partial charge < -0.3 is 10.2 Å². The standard InChI is InChI=1S/C28H26FN3O2/c1-18-5-6-20(17-19(18)2)25-26(28(34)32(27(25)33)24-11-7-21(29)8-12-24)30-22-9-13-23(14-10-22)31-15-3-4-16-31/h5-14,17,30H,3-4,15-16H2,1-2H3. The lowest BCUT2D eigenvalue weighted by molar-refractivity contribution is -0.120. The quantitative estimate of drug-likeness (QED) is 0.521. The van der Waals surface area contributed by atoms with Crippen LogP contribution in [0.1, 0.15) is 29.5 Å². The first kappa shape index (κ1) is 21.9. The fourth-order valence-corrected chi connectivity index (χ4v) is 4.51. The van der Waals surface area contributed by atoms with Crippen LogP contribution >= 0.6 is 0 Å². The molecular weight excluding hydrogens is 429 g/mol. The van der Waals surface area contributed by atoms with Crippen molar-refractivity contribution < 1.29 is 14.0 Å². The normalized spacial score (nSPS) is 16.1. The minimum atomic E-state index is -0.464. The molecule has 0 radical (unpaired) electrons. The van der Waals surface area contributed by atoms with Gasteiger partial charge in [-0.3, -0.25) is 9.59 Å². The van der Waals surface area contributed by atoms with Crippen LogP contribution in [0.4, 0.5) is 21.5 Å². The summed E-state index contributed by atoms with van der Waals surface area (Å²) in [6.07, 6.45) is 2.39. The summed E-state index contributed by atoms with van der Waals surface area (Å²) in [5, 5.41) is 3.21. The number of carbonyl (C=O) groups excluding carboxylic acids is 2. The predicted octanol–water partition coefficient (Wildman–Crippen LogP) is 5.44. The number of nitrogens with one attached hydrogen (secondary N) is 1. The average Bonchev–Trinajstić information content (AvgIpc) is 3.45. The zero-order chi connectivity index (χ0) is 23.8. The smallest absolute Gasteiger partial charge is 0.282 e. The first-order chi connectivity index (χ1) is 16.4. The molecule has 0 aromatic heterocycles. The maximum absolute atomic E-state index is 13.5. The Labute approximate surface area is 198 Å². The van der Waals surface area contributed by atoms with E-state index in [0.717, 1.165) is 40.5 Å². The van der Waals surface area contributed by atoms with Gasteiger partial charge in [0.1, 0.15) is 11.5 Å². The number of hydrogen-bond donors (Lipinski definition) is 1. The molecular formula is C28H26FN3O2. The summed E-state index contributed by atoms with van der Waals surface area (Å²) in [4.78, 5) is 30.5. The lowest BCUT2D eigenvalue weighted by atomic mass is 9.99. The Morgan fingerprint density at radius 2 is 1.41 bits per heavy atom. The molecule has 0 saturated carbocycles. The molecule has 0 unspecified atom stereocenters. The number of amides is 2. The second-order valence-electron chi connectivity index (χ2n) is 8.84. The average molecular weight is 456 g/mol. The molecule has 2 aliphatic rings. The molecule has 2 aliphatic heterocycles. The van der Waals surface area contributed by atoms with Crippen LogP contribution in [0, 0.1) is 19.7 Å². The molecule has 3 aromatic carbocycles. The van der Waals surface area contributed by atoms with Crippen LogP contribution in [-0.4, -0.2) is 24.9 Å². The maximum Gasteiger partial charge on any atom is 0.282 e. The largest absolute Gasteiger partial charge is 0.372 e. The number of nitrogens with zero attached hydrogens (tertiary/aromatic N) is 2. The summed E-state index contributed by atoms with van der Waals surface area (Å²) < 4.78 is 13.5. The molecule has 2 amide bonds. The molecule has 2 heterocycles. The van der Waals surface area contributed by atoms with Crippen LogP contribution in [0.15, 0.2) is 72.4 Å². The number of imide groups is 1. The molecule has 1 saturated heterocycles. The van der Waals surface area contributed by atoms with Crippen LogP contribution in [0.3, 0.4) is 0 Å². The molecule has 3 aromatic rings. The molecule has 34 heavy (non-hydrogen) atoms. The van der Waals surface area contributed by atoms with Gasteiger partial charge in [-0.05, 0) is 91.9 Å². The van der Waals surface area contributed by atoms with Crippen molar-refractivity contribution in [3.05, 3.63) is 94.9 Å². The van der Waals surface area contributed by atoms with Crippen molar-refractivity contribution in [3.63, 3.8) is 0 Å². The van der Waals surface area contributed by atoms with E-state index in [1.54, 1.807) is 0 Å². The number of aryl methyl sites for hydroxylation is 2. The third-order valence-electron chi connectivity index (χ3n) is 6.57. The van der Waals surface area contributed by atoms with E-state index < -0.39 is 17.6 Å². The highest BCUT2D eigenvalue weighted by atomic mass is 19.1. The topological polar surface area (TPSA) is 52.7 Å². The van der Waals surface area contributed by atoms with Gasteiger partial charge >= 0.3 is 0 Å². The summed E-state index contributed by atoms with van der Waals surface area (Å²) in [5.74, 6) is -1.33. The molecule has 5 nitrogen and oxygen atoms in total. The molecule has 0 spiro atoms. The van der Waals surface area contributed by atoms with Crippen LogP contribution < -0.4 is 15.1 Å². The Balaban J connectivity index is 1.53. The van der Waals surface area contributed by atoms with Gasteiger partial charge in [0.2, 0.25) is 0 Å². The molecule has 172 valence electrons. The highest BCUT2D eigenvalue weighted by Gasteiger charge is 2.40. The molecule has 1 fully saturated rings. The van der Waals surface area contributed by atoms with E-state index in [1.807, 2.05) is 56.3 Å². The minimum Gasteiger partial charge on any atom is -0.372 e.